The van der Waals surface area contributed by atoms with E-state index in [9.17, 15) is 9.90 Å². The summed E-state index contributed by atoms with van der Waals surface area (Å²) in [6, 6.07) is 1.79. The Morgan fingerprint density at radius 3 is 2.57 bits per heavy atom. The molecule has 1 aliphatic carbocycles. The number of carboxylic acids is 1. The number of rotatable bonds is 2. The molecule has 1 aromatic heterocycles. The van der Waals surface area contributed by atoms with Gasteiger partial charge in [-0.1, -0.05) is 0 Å². The van der Waals surface area contributed by atoms with Crippen molar-refractivity contribution in [3.8, 4) is 0 Å². The predicted molar refractivity (Wildman–Crippen MR) is 47.9 cm³/mol. The Morgan fingerprint density at radius 2 is 2.14 bits per heavy atom. The molecule has 0 radical (unpaired) electrons. The molecule has 5 heteroatoms. The zero-order valence-electron chi connectivity index (χ0n) is 7.79. The van der Waals surface area contributed by atoms with Crippen LogP contribution in [0.5, 0.6) is 0 Å². The number of hydrogen-bond acceptors (Lipinski definition) is 3. The number of aromatic nitrogens is 1. The number of aliphatic carboxylic acids is 1. The first-order valence-electron chi connectivity index (χ1n) is 3.98. The molecule has 0 bridgehead atoms. The second-order valence-corrected chi connectivity index (χ2v) is 4.18. The largest absolute Gasteiger partial charge is 1.00 e. The van der Waals surface area contributed by atoms with E-state index in [0.29, 0.717) is 12.8 Å². The molecule has 0 aromatic carbocycles. The van der Waals surface area contributed by atoms with Gasteiger partial charge in [0.15, 0.2) is 0 Å². The van der Waals surface area contributed by atoms with Gasteiger partial charge in [0.1, 0.15) is 0 Å². The standard InChI is InChI=1S/C9H8BrNO2.K/c10-7-3-6(4-11-5-7)9(1-2-9)8(12)13;/h3-5H,1-2H2,(H,12,13);/q;+1/p-1. The maximum absolute atomic E-state index is 10.8. The first-order valence-corrected chi connectivity index (χ1v) is 4.77. The fourth-order valence-electron chi connectivity index (χ4n) is 1.41. The van der Waals surface area contributed by atoms with Crippen LogP contribution in [0.1, 0.15) is 18.4 Å². The summed E-state index contributed by atoms with van der Waals surface area (Å²) in [5.41, 5.74) is -0.0153. The van der Waals surface area contributed by atoms with Gasteiger partial charge >= 0.3 is 51.4 Å². The fraction of sp³-hybridized carbons (Fsp3) is 0.333. The van der Waals surface area contributed by atoms with Crippen molar-refractivity contribution < 1.29 is 61.3 Å². The molecule has 1 heterocycles. The van der Waals surface area contributed by atoms with Crippen molar-refractivity contribution in [1.82, 2.24) is 4.98 Å². The van der Waals surface area contributed by atoms with Gasteiger partial charge in [0.05, 0.1) is 5.97 Å². The van der Waals surface area contributed by atoms with E-state index in [1.165, 1.54) is 0 Å². The Bertz CT molecular complexity index is 366. The normalized spacial score (nSPS) is 16.9. The third kappa shape index (κ3) is 2.28. The molecule has 14 heavy (non-hydrogen) atoms. The predicted octanol–water partition coefficient (Wildman–Crippen LogP) is -2.37. The monoisotopic (exact) mass is 279 g/mol. The minimum absolute atomic E-state index is 0. The molecule has 1 saturated carbocycles. The molecule has 1 aliphatic rings. The summed E-state index contributed by atoms with van der Waals surface area (Å²) < 4.78 is 0.803. The molecule has 3 nitrogen and oxygen atoms in total. The molecule has 68 valence electrons. The molecule has 0 unspecified atom stereocenters. The first kappa shape index (κ1) is 12.8. The van der Waals surface area contributed by atoms with Gasteiger partial charge in [0.2, 0.25) is 0 Å². The van der Waals surface area contributed by atoms with E-state index in [2.05, 4.69) is 20.9 Å². The Labute approximate surface area is 133 Å². The maximum Gasteiger partial charge on any atom is 1.00 e. The van der Waals surface area contributed by atoms with Gasteiger partial charge < -0.3 is 9.90 Å². The molecule has 1 fully saturated rings. The van der Waals surface area contributed by atoms with Crippen LogP contribution in [0.25, 0.3) is 0 Å². The van der Waals surface area contributed by atoms with Crippen molar-refractivity contribution in [2.24, 2.45) is 0 Å². The molecular weight excluding hydrogens is 273 g/mol. The van der Waals surface area contributed by atoms with E-state index in [-0.39, 0.29) is 51.4 Å². The van der Waals surface area contributed by atoms with Crippen molar-refractivity contribution in [1.29, 1.82) is 0 Å². The quantitative estimate of drug-likeness (QED) is 0.569. The van der Waals surface area contributed by atoms with Crippen molar-refractivity contribution >= 4 is 21.9 Å². The summed E-state index contributed by atoms with van der Waals surface area (Å²) in [4.78, 5) is 14.8. The number of carbonyl (C=O) groups excluding carboxylic acids is 1. The Hall–Kier alpha value is 0.736. The molecule has 0 amide bonds. The number of carboxylic acid groups (broad SMARTS) is 1. The maximum atomic E-state index is 10.8. The van der Waals surface area contributed by atoms with Crippen molar-refractivity contribution in [2.45, 2.75) is 18.3 Å². The fourth-order valence-corrected chi connectivity index (χ4v) is 1.77. The van der Waals surface area contributed by atoms with E-state index in [0.717, 1.165) is 10.0 Å². The summed E-state index contributed by atoms with van der Waals surface area (Å²) in [6.07, 6.45) is 4.54. The molecule has 1 aromatic rings. The molecule has 2 rings (SSSR count). The smallest absolute Gasteiger partial charge is 0.549 e. The summed E-state index contributed by atoms with van der Waals surface area (Å²) in [6.45, 7) is 0. The molecular formula is C9H7BrKNO2. The Morgan fingerprint density at radius 1 is 1.50 bits per heavy atom. The minimum Gasteiger partial charge on any atom is -0.549 e. The van der Waals surface area contributed by atoms with Crippen molar-refractivity contribution in [2.75, 3.05) is 0 Å². The third-order valence-electron chi connectivity index (χ3n) is 2.40. The van der Waals surface area contributed by atoms with Gasteiger partial charge in [-0.05, 0) is 40.4 Å². The van der Waals surface area contributed by atoms with Crippen LogP contribution in [0.3, 0.4) is 0 Å². The number of carbonyl (C=O) groups is 1. The summed E-state index contributed by atoms with van der Waals surface area (Å²) in [7, 11) is 0. The van der Waals surface area contributed by atoms with Crippen LogP contribution in [0.2, 0.25) is 0 Å². The second-order valence-electron chi connectivity index (χ2n) is 3.26. The zero-order valence-corrected chi connectivity index (χ0v) is 12.5. The average Bonchev–Trinajstić information content (AvgIpc) is 2.83. The molecule has 0 atom stereocenters. The Kier molecular flexibility index (Phi) is 4.31. The van der Waals surface area contributed by atoms with Crippen LogP contribution in [-0.4, -0.2) is 11.0 Å². The number of nitrogens with zero attached hydrogens (tertiary/aromatic N) is 1. The van der Waals surface area contributed by atoms with Gasteiger partial charge in [0, 0.05) is 22.3 Å². The van der Waals surface area contributed by atoms with Gasteiger partial charge in [-0.25, -0.2) is 0 Å². The summed E-state index contributed by atoms with van der Waals surface area (Å²) >= 11 is 3.26. The topological polar surface area (TPSA) is 53.0 Å². The molecule has 0 N–H and O–H groups in total. The van der Waals surface area contributed by atoms with Crippen LogP contribution in [0, 0.1) is 0 Å². The van der Waals surface area contributed by atoms with E-state index in [4.69, 9.17) is 0 Å². The van der Waals surface area contributed by atoms with Gasteiger partial charge in [0.25, 0.3) is 0 Å². The van der Waals surface area contributed by atoms with Gasteiger partial charge in [-0.3, -0.25) is 4.98 Å². The zero-order chi connectivity index (χ0) is 9.47. The summed E-state index contributed by atoms with van der Waals surface area (Å²) in [5.74, 6) is -0.993. The van der Waals surface area contributed by atoms with Crippen LogP contribution in [0.4, 0.5) is 0 Å². The molecule has 0 spiro atoms. The van der Waals surface area contributed by atoms with E-state index >= 15 is 0 Å². The van der Waals surface area contributed by atoms with Crippen LogP contribution >= 0.6 is 15.9 Å². The number of halogens is 1. The van der Waals surface area contributed by atoms with Crippen LogP contribution < -0.4 is 56.5 Å². The minimum atomic E-state index is -0.993. The number of hydrogen-bond donors (Lipinski definition) is 0. The number of pyridine rings is 1. The van der Waals surface area contributed by atoms with E-state index in [1.807, 2.05) is 0 Å². The summed E-state index contributed by atoms with van der Waals surface area (Å²) in [5, 5.41) is 10.8. The van der Waals surface area contributed by atoms with E-state index < -0.39 is 11.4 Å². The van der Waals surface area contributed by atoms with Crippen molar-refractivity contribution in [3.05, 3.63) is 28.5 Å². The Balaban J connectivity index is 0.000000980. The average molecular weight is 280 g/mol. The van der Waals surface area contributed by atoms with E-state index in [1.54, 1.807) is 18.5 Å². The third-order valence-corrected chi connectivity index (χ3v) is 2.83. The van der Waals surface area contributed by atoms with Gasteiger partial charge in [-0.15, -0.1) is 0 Å². The van der Waals surface area contributed by atoms with Crippen molar-refractivity contribution in [3.63, 3.8) is 0 Å². The second kappa shape index (κ2) is 4.72. The molecule has 0 saturated heterocycles. The van der Waals surface area contributed by atoms with Gasteiger partial charge in [-0.2, -0.15) is 0 Å². The van der Waals surface area contributed by atoms with Crippen LogP contribution in [0.15, 0.2) is 22.9 Å². The SMILES string of the molecule is O=C([O-])C1(c2cncc(Br)c2)CC1.[K+]. The molecule has 0 aliphatic heterocycles. The first-order chi connectivity index (χ1) is 6.15. The van der Waals surface area contributed by atoms with Crippen LogP contribution in [-0.2, 0) is 10.2 Å².